The van der Waals surface area contributed by atoms with Crippen LogP contribution in [0.5, 0.6) is 5.75 Å². The smallest absolute Gasteiger partial charge is 0.121 e. The van der Waals surface area contributed by atoms with Crippen LogP contribution >= 0.6 is 0 Å². The van der Waals surface area contributed by atoms with Crippen LogP contribution in [-0.4, -0.2) is 17.1 Å². The number of benzene rings is 1. The highest BCUT2D eigenvalue weighted by Crippen LogP contribution is 2.18. The number of nitrogens with one attached hydrogen (secondary N) is 1. The van der Waals surface area contributed by atoms with Gasteiger partial charge in [0, 0.05) is 12.5 Å². The second-order valence-corrected chi connectivity index (χ2v) is 2.82. The van der Waals surface area contributed by atoms with Crippen molar-refractivity contribution < 1.29 is 4.74 Å². The number of imidazole rings is 1. The molecule has 0 aliphatic carbocycles. The van der Waals surface area contributed by atoms with Gasteiger partial charge in [-0.15, -0.1) is 0 Å². The highest BCUT2D eigenvalue weighted by molar-refractivity contribution is 5.76. The molecule has 0 aliphatic heterocycles. The van der Waals surface area contributed by atoms with Crippen molar-refractivity contribution in [1.82, 2.24) is 9.97 Å². The van der Waals surface area contributed by atoms with E-state index in [0.717, 1.165) is 22.6 Å². The first kappa shape index (κ1) is 8.10. The fourth-order valence-corrected chi connectivity index (χ4v) is 1.29. The Morgan fingerprint density at radius 2 is 2.38 bits per heavy atom. The Morgan fingerprint density at radius 1 is 1.54 bits per heavy atom. The molecule has 13 heavy (non-hydrogen) atoms. The molecular weight excluding hydrogens is 164 g/mol. The summed E-state index contributed by atoms with van der Waals surface area (Å²) in [5.74, 6) is 1.75. The van der Waals surface area contributed by atoms with Crippen LogP contribution in [0.15, 0.2) is 18.2 Å². The van der Waals surface area contributed by atoms with Crippen molar-refractivity contribution in [2.75, 3.05) is 7.11 Å². The summed E-state index contributed by atoms with van der Waals surface area (Å²) in [4.78, 5) is 7.50. The molecule has 0 bridgehead atoms. The second-order valence-electron chi connectivity index (χ2n) is 2.82. The minimum absolute atomic E-state index is 0.678. The summed E-state index contributed by atoms with van der Waals surface area (Å²) in [5.41, 5.74) is 1.96. The lowest BCUT2D eigenvalue weighted by Gasteiger charge is -1.96. The van der Waals surface area contributed by atoms with Crippen LogP contribution in [0.3, 0.4) is 0 Å². The zero-order chi connectivity index (χ0) is 9.26. The summed E-state index contributed by atoms with van der Waals surface area (Å²) in [6, 6.07) is 5.77. The van der Waals surface area contributed by atoms with Crippen LogP contribution in [0.2, 0.25) is 0 Å². The highest BCUT2D eigenvalue weighted by atomic mass is 16.5. The monoisotopic (exact) mass is 175 g/mol. The van der Waals surface area contributed by atoms with Gasteiger partial charge in [-0.05, 0) is 19.1 Å². The quantitative estimate of drug-likeness (QED) is 0.757. The van der Waals surface area contributed by atoms with Gasteiger partial charge in [-0.2, -0.15) is 0 Å². The molecule has 0 aliphatic rings. The molecule has 0 atom stereocenters. The van der Waals surface area contributed by atoms with Gasteiger partial charge in [0.05, 0.1) is 18.1 Å². The summed E-state index contributed by atoms with van der Waals surface area (Å²) in [6.45, 7) is 3.77. The molecule has 1 heterocycles. The van der Waals surface area contributed by atoms with E-state index in [1.54, 1.807) is 7.11 Å². The number of aromatic nitrogens is 2. The average molecular weight is 175 g/mol. The number of hydrogen-bond acceptors (Lipinski definition) is 2. The first-order chi connectivity index (χ1) is 6.33. The molecule has 0 saturated heterocycles. The standard InChI is InChI=1S/C10H11N2O/c1-3-10-11-8-5-4-7(13-2)6-9(8)12-10/h4-6H,1,3H2,2H3,(H,11,12). The number of rotatable bonds is 2. The van der Waals surface area contributed by atoms with E-state index in [0.29, 0.717) is 6.42 Å². The maximum atomic E-state index is 5.10. The van der Waals surface area contributed by atoms with E-state index in [1.807, 2.05) is 18.2 Å². The van der Waals surface area contributed by atoms with E-state index in [2.05, 4.69) is 16.9 Å². The lowest BCUT2D eigenvalue weighted by atomic mass is 10.3. The normalized spacial score (nSPS) is 10.6. The van der Waals surface area contributed by atoms with Gasteiger partial charge in [0.2, 0.25) is 0 Å². The number of nitrogens with zero attached hydrogens (tertiary/aromatic N) is 1. The fraction of sp³-hybridized carbons (Fsp3) is 0.200. The number of hydrogen-bond donors (Lipinski definition) is 1. The number of methoxy groups -OCH3 is 1. The predicted octanol–water partition coefficient (Wildman–Crippen LogP) is 1.95. The van der Waals surface area contributed by atoms with Crippen LogP contribution in [0.1, 0.15) is 5.82 Å². The number of fused-ring (bicyclic) bond motifs is 1. The summed E-state index contributed by atoms with van der Waals surface area (Å²) in [5, 5.41) is 0. The highest BCUT2D eigenvalue weighted by Gasteiger charge is 2.01. The predicted molar refractivity (Wildman–Crippen MR) is 51.7 cm³/mol. The van der Waals surface area contributed by atoms with Crippen molar-refractivity contribution in [2.24, 2.45) is 0 Å². The summed E-state index contributed by atoms with van der Waals surface area (Å²) in [7, 11) is 1.65. The zero-order valence-corrected chi connectivity index (χ0v) is 7.50. The maximum Gasteiger partial charge on any atom is 0.121 e. The van der Waals surface area contributed by atoms with Gasteiger partial charge < -0.3 is 9.72 Å². The first-order valence-corrected chi connectivity index (χ1v) is 4.15. The zero-order valence-electron chi connectivity index (χ0n) is 7.50. The van der Waals surface area contributed by atoms with Gasteiger partial charge in [-0.3, -0.25) is 0 Å². The van der Waals surface area contributed by atoms with Crippen LogP contribution < -0.4 is 4.74 Å². The number of H-pyrrole nitrogens is 1. The lowest BCUT2D eigenvalue weighted by Crippen LogP contribution is -1.81. The molecule has 0 saturated carbocycles. The van der Waals surface area contributed by atoms with Crippen molar-refractivity contribution in [3.8, 4) is 5.75 Å². The molecule has 0 amide bonds. The third-order valence-corrected chi connectivity index (χ3v) is 1.97. The topological polar surface area (TPSA) is 37.9 Å². The molecule has 67 valence electrons. The van der Waals surface area contributed by atoms with E-state index in [9.17, 15) is 0 Å². The second kappa shape index (κ2) is 3.09. The van der Waals surface area contributed by atoms with Crippen molar-refractivity contribution in [3.05, 3.63) is 30.9 Å². The fourth-order valence-electron chi connectivity index (χ4n) is 1.29. The Labute approximate surface area is 76.8 Å². The summed E-state index contributed by atoms with van der Waals surface area (Å²) in [6.07, 6.45) is 0.678. The van der Waals surface area contributed by atoms with Crippen molar-refractivity contribution in [1.29, 1.82) is 0 Å². The Bertz CT molecular complexity index is 418. The minimum Gasteiger partial charge on any atom is -0.497 e. The molecule has 1 aromatic carbocycles. The van der Waals surface area contributed by atoms with Gasteiger partial charge in [0.1, 0.15) is 11.6 Å². The minimum atomic E-state index is 0.678. The van der Waals surface area contributed by atoms with Crippen molar-refractivity contribution >= 4 is 11.0 Å². The van der Waals surface area contributed by atoms with Crippen molar-refractivity contribution in [2.45, 2.75) is 6.42 Å². The van der Waals surface area contributed by atoms with Crippen LogP contribution in [0.25, 0.3) is 11.0 Å². The third kappa shape index (κ3) is 1.37. The molecular formula is C10H11N2O. The molecule has 1 radical (unpaired) electrons. The van der Waals surface area contributed by atoms with Crippen LogP contribution in [-0.2, 0) is 6.42 Å². The van der Waals surface area contributed by atoms with E-state index >= 15 is 0 Å². The Morgan fingerprint density at radius 3 is 3.08 bits per heavy atom. The largest absolute Gasteiger partial charge is 0.497 e. The van der Waals surface area contributed by atoms with Crippen LogP contribution in [0.4, 0.5) is 0 Å². The summed E-state index contributed by atoms with van der Waals surface area (Å²) >= 11 is 0. The third-order valence-electron chi connectivity index (χ3n) is 1.97. The van der Waals surface area contributed by atoms with Gasteiger partial charge in [0.25, 0.3) is 0 Å². The molecule has 2 rings (SSSR count). The van der Waals surface area contributed by atoms with E-state index < -0.39 is 0 Å². The Hall–Kier alpha value is -1.51. The van der Waals surface area contributed by atoms with Gasteiger partial charge in [-0.1, -0.05) is 0 Å². The maximum absolute atomic E-state index is 5.10. The molecule has 0 unspecified atom stereocenters. The number of aromatic amines is 1. The first-order valence-electron chi connectivity index (χ1n) is 4.15. The van der Waals surface area contributed by atoms with Gasteiger partial charge in [0.15, 0.2) is 0 Å². The Balaban J connectivity index is 2.57. The van der Waals surface area contributed by atoms with Gasteiger partial charge >= 0.3 is 0 Å². The molecule has 0 spiro atoms. The SMILES string of the molecule is [CH2]Cc1nc2ccc(OC)cc2[nH]1. The Kier molecular flexibility index (Phi) is 1.93. The van der Waals surface area contributed by atoms with Gasteiger partial charge in [-0.25, -0.2) is 4.98 Å². The summed E-state index contributed by atoms with van der Waals surface area (Å²) < 4.78 is 5.10. The van der Waals surface area contributed by atoms with E-state index in [4.69, 9.17) is 4.74 Å². The molecule has 1 N–H and O–H groups in total. The van der Waals surface area contributed by atoms with E-state index in [-0.39, 0.29) is 0 Å². The number of ether oxygens (including phenoxy) is 1. The van der Waals surface area contributed by atoms with Crippen LogP contribution in [0, 0.1) is 6.92 Å². The molecule has 2 aromatic rings. The van der Waals surface area contributed by atoms with E-state index in [1.165, 1.54) is 0 Å². The molecule has 3 nitrogen and oxygen atoms in total. The molecule has 0 fully saturated rings. The lowest BCUT2D eigenvalue weighted by molar-refractivity contribution is 0.415. The van der Waals surface area contributed by atoms with Crippen molar-refractivity contribution in [3.63, 3.8) is 0 Å². The molecule has 3 heteroatoms. The molecule has 1 aromatic heterocycles. The average Bonchev–Trinajstić information content (AvgIpc) is 2.58.